The lowest BCUT2D eigenvalue weighted by Crippen LogP contribution is -2.23. The first-order chi connectivity index (χ1) is 15.8. The molecule has 1 atom stereocenters. The lowest BCUT2D eigenvalue weighted by molar-refractivity contribution is -0.119. The summed E-state index contributed by atoms with van der Waals surface area (Å²) in [7, 11) is 1.59. The topological polar surface area (TPSA) is 161 Å². The molecule has 3 aromatic rings. The Balaban J connectivity index is 1.45. The summed E-state index contributed by atoms with van der Waals surface area (Å²) in [6, 6.07) is 5.42. The fraction of sp³-hybridized carbons (Fsp3) is 0.300. The molecule has 2 N–H and O–H groups in total. The molecule has 33 heavy (non-hydrogen) atoms. The second-order valence-corrected chi connectivity index (χ2v) is 7.76. The Labute approximate surface area is 193 Å². The van der Waals surface area contributed by atoms with Crippen LogP contribution in [0.2, 0.25) is 5.15 Å². The van der Waals surface area contributed by atoms with Crippen LogP contribution in [0.15, 0.2) is 30.7 Å². The van der Waals surface area contributed by atoms with Crippen LogP contribution in [-0.2, 0) is 16.6 Å². The highest BCUT2D eigenvalue weighted by Crippen LogP contribution is 2.45. The molecule has 13 heteroatoms. The van der Waals surface area contributed by atoms with Crippen molar-refractivity contribution >= 4 is 35.2 Å². The van der Waals surface area contributed by atoms with E-state index in [9.17, 15) is 9.59 Å². The van der Waals surface area contributed by atoms with Gasteiger partial charge in [0.05, 0.1) is 18.5 Å². The number of amides is 2. The summed E-state index contributed by atoms with van der Waals surface area (Å²) < 4.78 is 6.74. The lowest BCUT2D eigenvalue weighted by atomic mass is 10.1. The number of nitrogens with zero attached hydrogens (tertiary/aromatic N) is 7. The molecule has 0 bridgehead atoms. The summed E-state index contributed by atoms with van der Waals surface area (Å²) in [6.07, 6.45) is 3.90. The highest BCUT2D eigenvalue weighted by Gasteiger charge is 2.50. The molecule has 0 radical (unpaired) electrons. The van der Waals surface area contributed by atoms with Crippen molar-refractivity contribution in [3.8, 4) is 17.5 Å². The predicted molar refractivity (Wildman–Crippen MR) is 116 cm³/mol. The first-order valence-electron chi connectivity index (χ1n) is 9.86. The molecule has 0 saturated heterocycles. The smallest absolute Gasteiger partial charge is 0.413 e. The summed E-state index contributed by atoms with van der Waals surface area (Å²) in [5, 5.41) is 22.5. The van der Waals surface area contributed by atoms with Crippen LogP contribution in [-0.4, -0.2) is 41.9 Å². The summed E-state index contributed by atoms with van der Waals surface area (Å²) in [5.74, 6) is 0.0294. The average molecular weight is 468 g/mol. The van der Waals surface area contributed by atoms with Crippen molar-refractivity contribution in [1.82, 2.24) is 29.9 Å². The highest BCUT2D eigenvalue weighted by atomic mass is 35.5. The van der Waals surface area contributed by atoms with E-state index < -0.39 is 23.5 Å². The molecule has 1 aliphatic rings. The van der Waals surface area contributed by atoms with Crippen LogP contribution >= 0.6 is 11.6 Å². The zero-order valence-corrected chi connectivity index (χ0v) is 18.4. The van der Waals surface area contributed by atoms with Crippen LogP contribution < -0.4 is 10.6 Å². The number of hydrogen-bond acceptors (Lipinski definition) is 9. The van der Waals surface area contributed by atoms with E-state index in [0.29, 0.717) is 24.1 Å². The van der Waals surface area contributed by atoms with Gasteiger partial charge in [-0.3, -0.25) is 10.1 Å². The quantitative estimate of drug-likeness (QED) is 0.519. The van der Waals surface area contributed by atoms with Crippen molar-refractivity contribution < 1.29 is 14.3 Å². The van der Waals surface area contributed by atoms with Gasteiger partial charge >= 0.3 is 6.09 Å². The summed E-state index contributed by atoms with van der Waals surface area (Å²) in [6.45, 7) is 1.67. The molecule has 0 aliphatic heterocycles. The lowest BCUT2D eigenvalue weighted by Gasteiger charge is -2.15. The fourth-order valence-corrected chi connectivity index (χ4v) is 3.26. The molecule has 2 amide bonds. The van der Waals surface area contributed by atoms with E-state index in [1.54, 1.807) is 26.1 Å². The molecule has 0 unspecified atom stereocenters. The molecule has 1 aliphatic carbocycles. The minimum absolute atomic E-state index is 0.199. The number of aromatic nitrogens is 6. The van der Waals surface area contributed by atoms with Crippen molar-refractivity contribution in [2.24, 2.45) is 12.5 Å². The third kappa shape index (κ3) is 4.58. The van der Waals surface area contributed by atoms with Gasteiger partial charge in [-0.15, -0.1) is 5.10 Å². The van der Waals surface area contributed by atoms with Gasteiger partial charge in [0.2, 0.25) is 5.91 Å². The Hall–Kier alpha value is -4.11. The van der Waals surface area contributed by atoms with Crippen LogP contribution in [0, 0.1) is 16.7 Å². The Kier molecular flexibility index (Phi) is 5.89. The maximum atomic E-state index is 12.5. The van der Waals surface area contributed by atoms with Crippen LogP contribution in [0.4, 0.5) is 16.4 Å². The molecule has 3 heterocycles. The molecule has 4 rings (SSSR count). The number of aryl methyl sites for hydroxylation is 1. The van der Waals surface area contributed by atoms with E-state index in [4.69, 9.17) is 21.6 Å². The Morgan fingerprint density at radius 1 is 1.27 bits per heavy atom. The number of anilines is 2. The zero-order valence-electron chi connectivity index (χ0n) is 17.6. The van der Waals surface area contributed by atoms with Gasteiger partial charge in [-0.25, -0.2) is 24.4 Å². The minimum atomic E-state index is -0.972. The molecule has 3 aromatic heterocycles. The monoisotopic (exact) mass is 467 g/mol. The van der Waals surface area contributed by atoms with Gasteiger partial charge in [-0.05, 0) is 25.8 Å². The first kappa shape index (κ1) is 22.1. The Morgan fingerprint density at radius 2 is 2.06 bits per heavy atom. The van der Waals surface area contributed by atoms with Crippen molar-refractivity contribution in [2.45, 2.75) is 25.9 Å². The third-order valence-electron chi connectivity index (χ3n) is 5.09. The van der Waals surface area contributed by atoms with Gasteiger partial charge in [0.25, 0.3) is 0 Å². The number of nitrogens with one attached hydrogen (secondary N) is 2. The van der Waals surface area contributed by atoms with Crippen molar-refractivity contribution in [3.05, 3.63) is 41.4 Å². The van der Waals surface area contributed by atoms with Gasteiger partial charge in [-0.1, -0.05) is 22.9 Å². The van der Waals surface area contributed by atoms with E-state index >= 15 is 0 Å². The van der Waals surface area contributed by atoms with Crippen LogP contribution in [0.3, 0.4) is 0 Å². The van der Waals surface area contributed by atoms with Crippen molar-refractivity contribution in [2.75, 3.05) is 10.6 Å². The first-order valence-corrected chi connectivity index (χ1v) is 10.2. The van der Waals surface area contributed by atoms with Gasteiger partial charge < -0.3 is 10.1 Å². The van der Waals surface area contributed by atoms with Gasteiger partial charge in [0.15, 0.2) is 17.3 Å². The number of nitriles is 1. The highest BCUT2D eigenvalue weighted by molar-refractivity contribution is 6.30. The second-order valence-electron chi connectivity index (χ2n) is 7.40. The maximum absolute atomic E-state index is 12.5. The van der Waals surface area contributed by atoms with Crippen molar-refractivity contribution in [1.29, 1.82) is 5.26 Å². The molecule has 1 saturated carbocycles. The SMILES string of the molecule is C[C@@H](OC(=O)Nc1c(-c2cnc(NC(=O)C3(C#N)CC3)cn2)nnn1C)c1cccnc1Cl. The molecular weight excluding hydrogens is 450 g/mol. The zero-order chi connectivity index (χ0) is 23.6. The standard InChI is InChI=1S/C20H18ClN9O3/c1-11(12-4-3-7-23-16(12)21)33-19(32)27-17-15(28-29-30(17)2)13-8-25-14(9-24-13)26-18(31)20(10-22)5-6-20/h3-4,7-9,11H,5-6H2,1-2H3,(H,27,32)(H,25,26,31)/t11-/m1/s1. The molecule has 0 aromatic carbocycles. The number of carbonyl (C=O) groups excluding carboxylic acids is 2. The molecule has 0 spiro atoms. The average Bonchev–Trinajstić information content (AvgIpc) is 3.53. The number of carbonyl (C=O) groups is 2. The van der Waals surface area contributed by atoms with Crippen LogP contribution in [0.25, 0.3) is 11.4 Å². The number of rotatable bonds is 6. The number of ether oxygens (including phenoxy) is 1. The van der Waals surface area contributed by atoms with Gasteiger partial charge in [0, 0.05) is 18.8 Å². The predicted octanol–water partition coefficient (Wildman–Crippen LogP) is 2.87. The molecule has 12 nitrogen and oxygen atoms in total. The molecular formula is C20H18ClN9O3. The summed E-state index contributed by atoms with van der Waals surface area (Å²) in [5.41, 5.74) is 0.147. The summed E-state index contributed by atoms with van der Waals surface area (Å²) >= 11 is 6.05. The molecule has 1 fully saturated rings. The molecule has 168 valence electrons. The van der Waals surface area contributed by atoms with Crippen LogP contribution in [0.5, 0.6) is 0 Å². The van der Waals surface area contributed by atoms with Crippen LogP contribution in [0.1, 0.15) is 31.4 Å². The van der Waals surface area contributed by atoms with E-state index in [2.05, 4.69) is 35.9 Å². The second kappa shape index (κ2) is 8.79. The number of hydrogen-bond donors (Lipinski definition) is 2. The fourth-order valence-electron chi connectivity index (χ4n) is 2.99. The normalized spacial score (nSPS) is 14.6. The summed E-state index contributed by atoms with van der Waals surface area (Å²) in [4.78, 5) is 37.0. The van der Waals surface area contributed by atoms with E-state index in [-0.39, 0.29) is 22.5 Å². The minimum Gasteiger partial charge on any atom is -0.441 e. The Morgan fingerprint density at radius 3 is 2.70 bits per heavy atom. The van der Waals surface area contributed by atoms with Gasteiger partial charge in [-0.2, -0.15) is 5.26 Å². The largest absolute Gasteiger partial charge is 0.441 e. The van der Waals surface area contributed by atoms with E-state index in [0.717, 1.165) is 0 Å². The Bertz CT molecular complexity index is 1250. The maximum Gasteiger partial charge on any atom is 0.413 e. The van der Waals surface area contributed by atoms with E-state index in [1.165, 1.54) is 23.3 Å². The number of pyridine rings is 1. The van der Waals surface area contributed by atoms with Crippen molar-refractivity contribution in [3.63, 3.8) is 0 Å². The van der Waals surface area contributed by atoms with E-state index in [1.807, 2.05) is 6.07 Å². The number of halogens is 1. The third-order valence-corrected chi connectivity index (χ3v) is 5.41. The van der Waals surface area contributed by atoms with Gasteiger partial charge in [0.1, 0.15) is 22.4 Å².